The average Bonchev–Trinajstić information content (AvgIpc) is 3.51. The van der Waals surface area contributed by atoms with E-state index in [2.05, 4.69) is 5.32 Å². The second-order valence-corrected chi connectivity index (χ2v) is 8.50. The molecular weight excluding hydrogens is 446 g/mol. The maximum absolute atomic E-state index is 14.9. The maximum Gasteiger partial charge on any atom is 0.407 e. The molecule has 2 aromatic rings. The number of hydrogen-bond acceptors (Lipinski definition) is 3. The number of ketones is 1. The van der Waals surface area contributed by atoms with Gasteiger partial charge in [-0.2, -0.15) is 18.4 Å². The molecule has 0 spiro atoms. The molecule has 2 aromatic carbocycles. The Morgan fingerprint density at radius 2 is 1.64 bits per heavy atom. The van der Waals surface area contributed by atoms with Gasteiger partial charge >= 0.3 is 6.18 Å². The first-order valence-electron chi connectivity index (χ1n) is 10.4. The molecule has 0 aliphatic heterocycles. The van der Waals surface area contributed by atoms with E-state index in [1.807, 2.05) is 6.07 Å². The van der Waals surface area contributed by atoms with Crippen LogP contribution in [0, 0.1) is 22.6 Å². The summed E-state index contributed by atoms with van der Waals surface area (Å²) < 4.78 is 84.4. The van der Waals surface area contributed by atoms with Crippen molar-refractivity contribution in [2.24, 2.45) is 5.41 Å². The Bertz CT molecular complexity index is 994. The third-order valence-electron chi connectivity index (χ3n) is 5.70. The van der Waals surface area contributed by atoms with Gasteiger partial charge in [-0.25, -0.2) is 13.2 Å². The summed E-state index contributed by atoms with van der Waals surface area (Å²) in [5, 5.41) is 11.3. The molecule has 1 aliphatic rings. The summed E-state index contributed by atoms with van der Waals surface area (Å²) in [5.74, 6) is -5.12. The molecule has 1 N–H and O–H groups in total. The van der Waals surface area contributed by atoms with Crippen LogP contribution in [0.1, 0.15) is 42.9 Å². The molecule has 0 unspecified atom stereocenters. The minimum absolute atomic E-state index is 0.273. The Morgan fingerprint density at radius 1 is 1.03 bits per heavy atom. The van der Waals surface area contributed by atoms with E-state index in [0.29, 0.717) is 12.8 Å². The van der Waals surface area contributed by atoms with E-state index in [4.69, 9.17) is 0 Å². The molecule has 2 atom stereocenters. The number of nitrogens with one attached hydrogen (secondary N) is 1. The van der Waals surface area contributed by atoms with Crippen LogP contribution >= 0.6 is 0 Å². The van der Waals surface area contributed by atoms with Gasteiger partial charge in [-0.3, -0.25) is 10.1 Å². The van der Waals surface area contributed by atoms with Crippen LogP contribution in [0.25, 0.3) is 0 Å². The van der Waals surface area contributed by atoms with Crippen molar-refractivity contribution in [1.82, 2.24) is 5.32 Å². The lowest BCUT2D eigenvalue weighted by molar-refractivity contribution is -0.162. The zero-order valence-electron chi connectivity index (χ0n) is 17.5. The number of halogens is 6. The fraction of sp³-hybridized carbons (Fsp3) is 0.417. The number of alkyl halides is 5. The quantitative estimate of drug-likeness (QED) is 0.441. The summed E-state index contributed by atoms with van der Waals surface area (Å²) >= 11 is 0. The van der Waals surface area contributed by atoms with Crippen LogP contribution in [0.4, 0.5) is 26.3 Å². The molecule has 0 aromatic heterocycles. The van der Waals surface area contributed by atoms with Crippen molar-refractivity contribution >= 4 is 5.78 Å². The molecule has 3 nitrogen and oxygen atoms in total. The van der Waals surface area contributed by atoms with Crippen LogP contribution in [0.3, 0.4) is 0 Å². The van der Waals surface area contributed by atoms with Crippen LogP contribution in [0.15, 0.2) is 54.6 Å². The number of hydrogen-bond donors (Lipinski definition) is 1. The molecule has 3 rings (SSSR count). The molecule has 33 heavy (non-hydrogen) atoms. The standard InChI is InChI=1S/C24H22F6N2O/c25-18-8-6-17(7-9-18)21(24(28,29)30)32-19(20(33)14-22(15-31)10-11-22)13-23(26,27)12-16-4-2-1-3-5-16/h1-9,19,21,32H,10-14H2/t19-,21-/m0/s1. The van der Waals surface area contributed by atoms with E-state index in [9.17, 15) is 36.4 Å². The van der Waals surface area contributed by atoms with Crippen LogP contribution in [0.2, 0.25) is 0 Å². The van der Waals surface area contributed by atoms with Gasteiger partial charge in [0.1, 0.15) is 11.9 Å². The van der Waals surface area contributed by atoms with Crippen molar-refractivity contribution < 1.29 is 31.1 Å². The number of benzene rings is 2. The number of nitriles is 1. The molecule has 1 saturated carbocycles. The van der Waals surface area contributed by atoms with E-state index in [0.717, 1.165) is 24.3 Å². The van der Waals surface area contributed by atoms with Crippen LogP contribution in [-0.4, -0.2) is 23.9 Å². The first-order valence-corrected chi connectivity index (χ1v) is 10.4. The summed E-state index contributed by atoms with van der Waals surface area (Å²) in [6.07, 6.45) is -6.48. The first kappa shape index (κ1) is 24.8. The van der Waals surface area contributed by atoms with Gasteiger partial charge in [-0.15, -0.1) is 0 Å². The molecular formula is C24H22F6N2O. The Balaban J connectivity index is 1.87. The Hall–Kier alpha value is -2.86. The largest absolute Gasteiger partial charge is 0.407 e. The van der Waals surface area contributed by atoms with Crippen molar-refractivity contribution in [2.75, 3.05) is 0 Å². The smallest absolute Gasteiger partial charge is 0.298 e. The van der Waals surface area contributed by atoms with E-state index in [1.54, 1.807) is 18.2 Å². The second-order valence-electron chi connectivity index (χ2n) is 8.50. The van der Waals surface area contributed by atoms with Crippen molar-refractivity contribution in [3.05, 3.63) is 71.5 Å². The lowest BCUT2D eigenvalue weighted by atomic mass is 9.91. The molecule has 176 valence electrons. The summed E-state index contributed by atoms with van der Waals surface area (Å²) in [5.41, 5.74) is -1.14. The monoisotopic (exact) mass is 468 g/mol. The van der Waals surface area contributed by atoms with Gasteiger partial charge in [0, 0.05) is 19.3 Å². The number of nitrogens with zero attached hydrogens (tertiary/aromatic N) is 1. The molecule has 1 fully saturated rings. The Labute approximate surface area is 187 Å². The molecule has 0 heterocycles. The minimum atomic E-state index is -4.93. The highest BCUT2D eigenvalue weighted by molar-refractivity contribution is 5.85. The van der Waals surface area contributed by atoms with Gasteiger partial charge < -0.3 is 0 Å². The van der Waals surface area contributed by atoms with E-state index >= 15 is 0 Å². The fourth-order valence-corrected chi connectivity index (χ4v) is 3.70. The van der Waals surface area contributed by atoms with Gasteiger partial charge in [-0.1, -0.05) is 42.5 Å². The van der Waals surface area contributed by atoms with Crippen molar-refractivity contribution in [3.8, 4) is 6.07 Å². The molecule has 0 radical (unpaired) electrons. The van der Waals surface area contributed by atoms with Gasteiger partial charge in [-0.05, 0) is 36.1 Å². The summed E-state index contributed by atoms with van der Waals surface area (Å²) in [6.45, 7) is 0. The van der Waals surface area contributed by atoms with E-state index in [1.165, 1.54) is 12.1 Å². The Morgan fingerprint density at radius 3 is 2.15 bits per heavy atom. The molecule has 9 heteroatoms. The van der Waals surface area contributed by atoms with Crippen LogP contribution < -0.4 is 5.32 Å². The summed E-state index contributed by atoms with van der Waals surface area (Å²) in [4.78, 5) is 12.9. The molecule has 0 bridgehead atoms. The third-order valence-corrected chi connectivity index (χ3v) is 5.70. The SMILES string of the molecule is N#CC1(CC(=O)[C@H](CC(F)(F)Cc2ccccc2)N[C@@H](c2ccc(F)cc2)C(F)(F)F)CC1. The van der Waals surface area contributed by atoms with Gasteiger partial charge in [0.2, 0.25) is 0 Å². The van der Waals surface area contributed by atoms with Crippen molar-refractivity contribution in [2.45, 2.75) is 56.3 Å². The zero-order chi connectivity index (χ0) is 24.3. The normalized spacial score (nSPS) is 17.1. The summed E-state index contributed by atoms with van der Waals surface area (Å²) in [7, 11) is 0. The van der Waals surface area contributed by atoms with Crippen LogP contribution in [0.5, 0.6) is 0 Å². The third kappa shape index (κ3) is 6.81. The fourth-order valence-electron chi connectivity index (χ4n) is 3.70. The molecule has 0 saturated heterocycles. The highest BCUT2D eigenvalue weighted by Crippen LogP contribution is 2.48. The maximum atomic E-state index is 14.9. The Kier molecular flexibility index (Phi) is 7.17. The minimum Gasteiger partial charge on any atom is -0.298 e. The number of Topliss-reactive ketones (excluding diaryl/α,β-unsaturated/α-hetero) is 1. The highest BCUT2D eigenvalue weighted by atomic mass is 19.4. The van der Waals surface area contributed by atoms with E-state index in [-0.39, 0.29) is 5.56 Å². The molecule has 1 aliphatic carbocycles. The predicted octanol–water partition coefficient (Wildman–Crippen LogP) is 5.92. The average molecular weight is 468 g/mol. The topological polar surface area (TPSA) is 52.9 Å². The highest BCUT2D eigenvalue weighted by Gasteiger charge is 2.49. The second kappa shape index (κ2) is 9.56. The molecule has 0 amide bonds. The predicted molar refractivity (Wildman–Crippen MR) is 109 cm³/mol. The van der Waals surface area contributed by atoms with Crippen LogP contribution in [-0.2, 0) is 11.2 Å². The lowest BCUT2D eigenvalue weighted by Gasteiger charge is -2.30. The van der Waals surface area contributed by atoms with Crippen molar-refractivity contribution in [3.63, 3.8) is 0 Å². The van der Waals surface area contributed by atoms with Gasteiger partial charge in [0.05, 0.1) is 17.5 Å². The number of carbonyl (C=O) groups excluding carboxylic acids is 1. The first-order chi connectivity index (χ1) is 15.4. The number of rotatable bonds is 10. The van der Waals surface area contributed by atoms with E-state index < -0.39 is 66.0 Å². The number of carbonyl (C=O) groups is 1. The summed E-state index contributed by atoms with van der Waals surface area (Å²) in [6, 6.07) is 8.76. The lowest BCUT2D eigenvalue weighted by Crippen LogP contribution is -2.48. The zero-order valence-corrected chi connectivity index (χ0v) is 17.5. The van der Waals surface area contributed by atoms with Crippen molar-refractivity contribution in [1.29, 1.82) is 5.26 Å². The van der Waals surface area contributed by atoms with Gasteiger partial charge in [0.15, 0.2) is 5.78 Å². The van der Waals surface area contributed by atoms with Gasteiger partial charge in [0.25, 0.3) is 5.92 Å².